The van der Waals surface area contributed by atoms with Crippen molar-refractivity contribution in [2.24, 2.45) is 7.05 Å². The Labute approximate surface area is 204 Å². The third kappa shape index (κ3) is 3.44. The Balaban J connectivity index is 1.70. The zero-order valence-corrected chi connectivity index (χ0v) is 19.9. The lowest BCUT2D eigenvalue weighted by Crippen LogP contribution is -2.31. The van der Waals surface area contributed by atoms with Crippen LogP contribution in [0.1, 0.15) is 33.4 Å². The third-order valence-corrected chi connectivity index (χ3v) is 6.25. The van der Waals surface area contributed by atoms with Gasteiger partial charge in [0.1, 0.15) is 22.4 Å². The van der Waals surface area contributed by atoms with Crippen molar-refractivity contribution in [3.05, 3.63) is 91.8 Å². The highest BCUT2D eigenvalue weighted by molar-refractivity contribution is 6.31. The van der Waals surface area contributed by atoms with Gasteiger partial charge in [-0.2, -0.15) is 5.10 Å². The Morgan fingerprint density at radius 3 is 2.32 bits per heavy atom. The number of aromatic nitrogens is 5. The van der Waals surface area contributed by atoms with Gasteiger partial charge in [0.05, 0.1) is 36.4 Å². The van der Waals surface area contributed by atoms with E-state index in [0.717, 1.165) is 5.56 Å². The summed E-state index contributed by atoms with van der Waals surface area (Å²) in [4.78, 5) is 35.8. The number of carbonyl (C=O) groups excluding carboxylic acids is 1. The second kappa shape index (κ2) is 8.27. The van der Waals surface area contributed by atoms with E-state index >= 15 is 0 Å². The molecule has 1 amide bonds. The van der Waals surface area contributed by atoms with Gasteiger partial charge in [-0.1, -0.05) is 35.3 Å². The summed E-state index contributed by atoms with van der Waals surface area (Å²) in [6.45, 7) is 1.81. The molecule has 3 aromatic heterocycles. The molecule has 172 valence electrons. The van der Waals surface area contributed by atoms with Gasteiger partial charge >= 0.3 is 6.01 Å². The second-order valence-corrected chi connectivity index (χ2v) is 8.62. The van der Waals surface area contributed by atoms with E-state index in [1.807, 2.05) is 19.1 Å². The summed E-state index contributed by atoms with van der Waals surface area (Å²) < 4.78 is 8.01. The quantitative estimate of drug-likeness (QED) is 0.427. The van der Waals surface area contributed by atoms with Crippen molar-refractivity contribution >= 4 is 34.8 Å². The second-order valence-electron chi connectivity index (χ2n) is 7.78. The zero-order valence-electron chi connectivity index (χ0n) is 18.4. The molecular weight excluding hydrogens is 479 g/mol. The minimum atomic E-state index is -0.563. The standard InChI is InChI=1S/C23H18Cl2N6O3/c1-12-18-19(28-31(12)16-9-26-23(34-3)27-10-16)20(13-4-6-14(24)7-5-13)30(22(18)33)15-8-17(25)21(32)29(2)11-15/h4-11,20H,1-3H3. The van der Waals surface area contributed by atoms with Crippen LogP contribution in [0.5, 0.6) is 6.01 Å². The molecule has 4 heterocycles. The molecule has 1 atom stereocenters. The van der Waals surface area contributed by atoms with E-state index in [9.17, 15) is 9.59 Å². The number of hydrogen-bond acceptors (Lipinski definition) is 6. The van der Waals surface area contributed by atoms with Crippen LogP contribution in [-0.4, -0.2) is 37.3 Å². The maximum absolute atomic E-state index is 13.8. The first-order chi connectivity index (χ1) is 16.3. The van der Waals surface area contributed by atoms with Gasteiger partial charge in [-0.3, -0.25) is 14.5 Å². The molecule has 1 aliphatic rings. The third-order valence-electron chi connectivity index (χ3n) is 5.72. The van der Waals surface area contributed by atoms with Crippen LogP contribution in [0.15, 0.2) is 53.7 Å². The molecule has 1 aliphatic heterocycles. The Bertz CT molecular complexity index is 1450. The Morgan fingerprint density at radius 1 is 1.03 bits per heavy atom. The number of pyridine rings is 1. The van der Waals surface area contributed by atoms with Crippen LogP contribution in [0.4, 0.5) is 5.69 Å². The van der Waals surface area contributed by atoms with Gasteiger partial charge in [-0.15, -0.1) is 0 Å². The van der Waals surface area contributed by atoms with E-state index in [1.54, 1.807) is 47.4 Å². The number of nitrogens with zero attached hydrogens (tertiary/aromatic N) is 6. The minimum absolute atomic E-state index is 0.0179. The maximum Gasteiger partial charge on any atom is 0.316 e. The predicted octanol–water partition coefficient (Wildman–Crippen LogP) is 3.73. The lowest BCUT2D eigenvalue weighted by Gasteiger charge is -2.26. The normalized spacial score (nSPS) is 15.0. The predicted molar refractivity (Wildman–Crippen MR) is 127 cm³/mol. The van der Waals surface area contributed by atoms with E-state index in [2.05, 4.69) is 9.97 Å². The van der Waals surface area contributed by atoms with Gasteiger partial charge in [-0.05, 0) is 30.7 Å². The van der Waals surface area contributed by atoms with Crippen molar-refractivity contribution in [1.29, 1.82) is 0 Å². The number of methoxy groups -OCH3 is 1. The number of carbonyl (C=O) groups is 1. The van der Waals surface area contributed by atoms with Crippen molar-refractivity contribution in [3.8, 4) is 11.7 Å². The number of fused-ring (bicyclic) bond motifs is 1. The fraction of sp³-hybridized carbons (Fsp3) is 0.174. The van der Waals surface area contributed by atoms with Crippen LogP contribution in [0.25, 0.3) is 5.69 Å². The Hall–Kier alpha value is -3.69. The van der Waals surface area contributed by atoms with Crippen LogP contribution in [0.3, 0.4) is 0 Å². The number of benzene rings is 1. The summed E-state index contributed by atoms with van der Waals surface area (Å²) in [6, 6.07) is 8.37. The average Bonchev–Trinajstić information content (AvgIpc) is 3.32. The number of hydrogen-bond donors (Lipinski definition) is 0. The number of ether oxygens (including phenoxy) is 1. The smallest absolute Gasteiger partial charge is 0.316 e. The molecule has 0 radical (unpaired) electrons. The van der Waals surface area contributed by atoms with E-state index in [0.29, 0.717) is 33.3 Å². The molecule has 0 N–H and O–H groups in total. The molecule has 9 nitrogen and oxygen atoms in total. The molecular formula is C23H18Cl2N6O3. The topological polar surface area (TPSA) is 95.1 Å². The summed E-state index contributed by atoms with van der Waals surface area (Å²) in [5.74, 6) is -0.261. The number of anilines is 1. The van der Waals surface area contributed by atoms with Gasteiger partial charge in [0.15, 0.2) is 0 Å². The van der Waals surface area contributed by atoms with E-state index in [4.69, 9.17) is 33.0 Å². The minimum Gasteiger partial charge on any atom is -0.467 e. The molecule has 0 bridgehead atoms. The highest BCUT2D eigenvalue weighted by atomic mass is 35.5. The fourth-order valence-electron chi connectivity index (χ4n) is 4.12. The monoisotopic (exact) mass is 496 g/mol. The first-order valence-electron chi connectivity index (χ1n) is 10.2. The molecule has 4 aromatic rings. The van der Waals surface area contributed by atoms with Crippen molar-refractivity contribution in [1.82, 2.24) is 24.3 Å². The van der Waals surface area contributed by atoms with Gasteiger partial charge in [0, 0.05) is 18.3 Å². The largest absolute Gasteiger partial charge is 0.467 e. The maximum atomic E-state index is 13.8. The van der Waals surface area contributed by atoms with Gasteiger partial charge < -0.3 is 9.30 Å². The highest BCUT2D eigenvalue weighted by Crippen LogP contribution is 2.43. The molecule has 0 aliphatic carbocycles. The zero-order chi connectivity index (χ0) is 24.1. The SMILES string of the molecule is COc1ncc(-n2nc3c(c2C)C(=O)N(c2cc(Cl)c(=O)n(C)c2)C3c2ccc(Cl)cc2)cn1. The van der Waals surface area contributed by atoms with Crippen LogP contribution in [0.2, 0.25) is 10.0 Å². The number of amides is 1. The molecule has 1 unspecified atom stereocenters. The summed E-state index contributed by atoms with van der Waals surface area (Å²) in [5, 5.41) is 5.37. The van der Waals surface area contributed by atoms with Crippen LogP contribution in [-0.2, 0) is 7.05 Å². The van der Waals surface area contributed by atoms with Crippen LogP contribution < -0.4 is 15.2 Å². The lowest BCUT2D eigenvalue weighted by atomic mass is 10.0. The van der Waals surface area contributed by atoms with Gasteiger partial charge in [0.2, 0.25) is 0 Å². The Morgan fingerprint density at radius 2 is 1.71 bits per heavy atom. The van der Waals surface area contributed by atoms with Gasteiger partial charge in [-0.25, -0.2) is 14.6 Å². The Kier molecular flexibility index (Phi) is 5.38. The molecule has 0 saturated carbocycles. The van der Waals surface area contributed by atoms with Crippen LogP contribution >= 0.6 is 23.2 Å². The number of halogens is 2. The first-order valence-corrected chi connectivity index (χ1v) is 11.0. The van der Waals surface area contributed by atoms with Crippen molar-refractivity contribution in [2.45, 2.75) is 13.0 Å². The summed E-state index contributed by atoms with van der Waals surface area (Å²) >= 11 is 12.3. The summed E-state index contributed by atoms with van der Waals surface area (Å²) in [7, 11) is 3.07. The lowest BCUT2D eigenvalue weighted by molar-refractivity contribution is 0.0992. The summed E-state index contributed by atoms with van der Waals surface area (Å²) in [5.41, 5.74) is 3.18. The van der Waals surface area contributed by atoms with E-state index in [1.165, 1.54) is 17.7 Å². The molecule has 0 saturated heterocycles. The first kappa shape index (κ1) is 22.1. The van der Waals surface area contributed by atoms with E-state index < -0.39 is 6.04 Å². The molecule has 1 aromatic carbocycles. The van der Waals surface area contributed by atoms with Crippen molar-refractivity contribution in [3.63, 3.8) is 0 Å². The molecule has 34 heavy (non-hydrogen) atoms. The molecule has 11 heteroatoms. The van der Waals surface area contributed by atoms with Gasteiger partial charge in [0.25, 0.3) is 11.5 Å². The highest BCUT2D eigenvalue weighted by Gasteiger charge is 2.44. The van der Waals surface area contributed by atoms with Crippen molar-refractivity contribution < 1.29 is 9.53 Å². The fourth-order valence-corrected chi connectivity index (χ4v) is 4.49. The van der Waals surface area contributed by atoms with Crippen molar-refractivity contribution in [2.75, 3.05) is 12.0 Å². The average molecular weight is 497 g/mol. The number of rotatable bonds is 4. The molecule has 0 fully saturated rings. The number of aryl methyl sites for hydroxylation is 1. The van der Waals surface area contributed by atoms with Crippen LogP contribution in [0, 0.1) is 6.92 Å². The van der Waals surface area contributed by atoms with E-state index in [-0.39, 0.29) is 22.5 Å². The summed E-state index contributed by atoms with van der Waals surface area (Å²) in [6.07, 6.45) is 4.74. The molecule has 5 rings (SSSR count). The molecule has 0 spiro atoms.